The number of ether oxygens (including phenoxy) is 2. The van der Waals surface area contributed by atoms with Crippen LogP contribution in [-0.2, 0) is 6.42 Å². The van der Waals surface area contributed by atoms with Crippen LogP contribution < -0.4 is 20.9 Å². The van der Waals surface area contributed by atoms with Crippen LogP contribution >= 0.6 is 0 Å². The first-order chi connectivity index (χ1) is 10.2. The molecule has 0 spiro atoms. The Morgan fingerprint density at radius 2 is 1.86 bits per heavy atom. The van der Waals surface area contributed by atoms with E-state index in [0.29, 0.717) is 13.2 Å². The third kappa shape index (κ3) is 3.29. The highest BCUT2D eigenvalue weighted by Crippen LogP contribution is 2.43. The first-order valence-corrected chi connectivity index (χ1v) is 7.73. The zero-order valence-corrected chi connectivity index (χ0v) is 14.2. The largest absolute Gasteiger partial charge is 0.491 e. The van der Waals surface area contributed by atoms with E-state index in [1.54, 1.807) is 0 Å². The highest BCUT2D eigenvalue weighted by Gasteiger charge is 2.31. The molecule has 1 aromatic carbocycles. The van der Waals surface area contributed by atoms with Crippen LogP contribution in [0.25, 0.3) is 0 Å². The molecule has 0 atom stereocenters. The number of guanidine groups is 1. The summed E-state index contributed by atoms with van der Waals surface area (Å²) in [5.74, 6) is 2.06. The summed E-state index contributed by atoms with van der Waals surface area (Å²) in [4.78, 5) is 3.95. The molecule has 22 heavy (non-hydrogen) atoms. The predicted octanol–water partition coefficient (Wildman–Crippen LogP) is 2.37. The number of hydrogen-bond acceptors (Lipinski definition) is 3. The Kier molecular flexibility index (Phi) is 4.54. The van der Waals surface area contributed by atoms with Gasteiger partial charge in [0.15, 0.2) is 5.96 Å². The lowest BCUT2D eigenvalue weighted by molar-refractivity contribution is 0.0831. The zero-order valence-electron chi connectivity index (χ0n) is 14.2. The fraction of sp³-hybridized carbons (Fsp3) is 0.588. The molecule has 5 nitrogen and oxygen atoms in total. The topological polar surface area (TPSA) is 82.9 Å². The van der Waals surface area contributed by atoms with E-state index in [-0.39, 0.29) is 11.6 Å². The fourth-order valence-electron chi connectivity index (χ4n) is 2.89. The third-order valence-electron chi connectivity index (χ3n) is 4.30. The Morgan fingerprint density at radius 3 is 2.50 bits per heavy atom. The highest BCUT2D eigenvalue weighted by molar-refractivity contribution is 5.75. The number of nitrogens with two attached hydrogens (primary N) is 2. The van der Waals surface area contributed by atoms with Crippen molar-refractivity contribution < 1.29 is 9.47 Å². The van der Waals surface area contributed by atoms with Gasteiger partial charge in [-0.3, -0.25) is 4.99 Å². The molecule has 0 bridgehead atoms. The molecule has 0 aliphatic carbocycles. The highest BCUT2D eigenvalue weighted by atomic mass is 16.5. The summed E-state index contributed by atoms with van der Waals surface area (Å²) < 4.78 is 12.2. The Labute approximate surface area is 132 Å². The molecular formula is C17H27N3O2. The Bertz CT molecular complexity index is 603. The average molecular weight is 305 g/mol. The number of fused-ring (bicyclic) bond motifs is 1. The summed E-state index contributed by atoms with van der Waals surface area (Å²) in [6, 6.07) is 0. The molecule has 0 radical (unpaired) electrons. The van der Waals surface area contributed by atoms with Crippen LogP contribution in [0.15, 0.2) is 4.99 Å². The van der Waals surface area contributed by atoms with Gasteiger partial charge < -0.3 is 20.9 Å². The van der Waals surface area contributed by atoms with E-state index < -0.39 is 0 Å². The maximum atomic E-state index is 6.21. The molecule has 5 heteroatoms. The van der Waals surface area contributed by atoms with Crippen LogP contribution in [0.4, 0.5) is 0 Å². The van der Waals surface area contributed by atoms with Gasteiger partial charge in [0.25, 0.3) is 0 Å². The molecule has 0 saturated heterocycles. The van der Waals surface area contributed by atoms with Crippen LogP contribution in [0.3, 0.4) is 0 Å². The van der Waals surface area contributed by atoms with Crippen LogP contribution in [-0.4, -0.2) is 24.7 Å². The minimum absolute atomic E-state index is 0.0919. The van der Waals surface area contributed by atoms with Gasteiger partial charge in [-0.25, -0.2) is 0 Å². The molecule has 0 aromatic heterocycles. The second kappa shape index (κ2) is 6.07. The summed E-state index contributed by atoms with van der Waals surface area (Å²) in [5.41, 5.74) is 15.3. The average Bonchev–Trinajstić information content (AvgIpc) is 2.43. The molecule has 1 aliphatic rings. The maximum Gasteiger partial charge on any atom is 0.186 e. The smallest absolute Gasteiger partial charge is 0.186 e. The standard InChI is InChI=1S/C17H27N3O2/c1-10-11(2)15-13(6-7-17(4,5)22-15)12(3)14(10)21-9-8-20-16(18)19/h6-9H2,1-5H3,(H4,18,19,20). The van der Waals surface area contributed by atoms with E-state index in [1.165, 1.54) is 11.1 Å². The number of aliphatic imine (C=N–C) groups is 1. The molecule has 1 heterocycles. The van der Waals surface area contributed by atoms with Crippen molar-refractivity contribution >= 4 is 5.96 Å². The van der Waals surface area contributed by atoms with Crippen LogP contribution in [0.2, 0.25) is 0 Å². The lowest BCUT2D eigenvalue weighted by Gasteiger charge is -2.35. The minimum Gasteiger partial charge on any atom is -0.491 e. The monoisotopic (exact) mass is 305 g/mol. The van der Waals surface area contributed by atoms with E-state index >= 15 is 0 Å². The first kappa shape index (κ1) is 16.5. The van der Waals surface area contributed by atoms with Crippen molar-refractivity contribution in [2.45, 2.75) is 53.1 Å². The first-order valence-electron chi connectivity index (χ1n) is 7.73. The summed E-state index contributed by atoms with van der Waals surface area (Å²) in [5, 5.41) is 0. The van der Waals surface area contributed by atoms with Gasteiger partial charge in [0.1, 0.15) is 23.7 Å². The molecule has 1 aliphatic heterocycles. The summed E-state index contributed by atoms with van der Waals surface area (Å²) in [6.07, 6.45) is 2.02. The minimum atomic E-state index is -0.105. The second-order valence-corrected chi connectivity index (χ2v) is 6.53. The van der Waals surface area contributed by atoms with Gasteiger partial charge >= 0.3 is 0 Å². The van der Waals surface area contributed by atoms with Crippen molar-refractivity contribution in [2.75, 3.05) is 13.2 Å². The van der Waals surface area contributed by atoms with Crippen molar-refractivity contribution in [2.24, 2.45) is 16.5 Å². The van der Waals surface area contributed by atoms with Crippen LogP contribution in [0.5, 0.6) is 11.5 Å². The number of benzene rings is 1. The van der Waals surface area contributed by atoms with Crippen molar-refractivity contribution in [3.05, 3.63) is 22.3 Å². The van der Waals surface area contributed by atoms with Gasteiger partial charge in [0.05, 0.1) is 6.54 Å². The fourth-order valence-corrected chi connectivity index (χ4v) is 2.89. The van der Waals surface area contributed by atoms with E-state index in [9.17, 15) is 0 Å². The SMILES string of the molecule is Cc1c(C)c2c(c(C)c1OCCN=C(N)N)CCC(C)(C)O2. The van der Waals surface area contributed by atoms with E-state index in [1.807, 2.05) is 0 Å². The van der Waals surface area contributed by atoms with Crippen molar-refractivity contribution in [1.82, 2.24) is 0 Å². The summed E-state index contributed by atoms with van der Waals surface area (Å²) in [7, 11) is 0. The van der Waals surface area contributed by atoms with E-state index in [2.05, 4.69) is 39.6 Å². The third-order valence-corrected chi connectivity index (χ3v) is 4.30. The van der Waals surface area contributed by atoms with E-state index in [4.69, 9.17) is 20.9 Å². The quantitative estimate of drug-likeness (QED) is 0.508. The molecule has 2 rings (SSSR count). The lowest BCUT2D eigenvalue weighted by Crippen LogP contribution is -2.33. The van der Waals surface area contributed by atoms with Gasteiger partial charge in [-0.05, 0) is 64.2 Å². The molecule has 0 fully saturated rings. The number of rotatable bonds is 4. The zero-order chi connectivity index (χ0) is 16.5. The molecule has 1 aromatic rings. The Balaban J connectivity index is 2.30. The molecule has 4 N–H and O–H groups in total. The molecule has 0 amide bonds. The predicted molar refractivity (Wildman–Crippen MR) is 89.9 cm³/mol. The van der Waals surface area contributed by atoms with Gasteiger partial charge in [-0.1, -0.05) is 0 Å². The summed E-state index contributed by atoms with van der Waals surface area (Å²) in [6.45, 7) is 11.5. The molecular weight excluding hydrogens is 278 g/mol. The van der Waals surface area contributed by atoms with Gasteiger partial charge in [-0.2, -0.15) is 0 Å². The maximum absolute atomic E-state index is 6.21. The lowest BCUT2D eigenvalue weighted by atomic mass is 9.88. The van der Waals surface area contributed by atoms with Crippen molar-refractivity contribution in [3.63, 3.8) is 0 Å². The van der Waals surface area contributed by atoms with E-state index in [0.717, 1.165) is 35.5 Å². The van der Waals surface area contributed by atoms with Gasteiger partial charge in [-0.15, -0.1) is 0 Å². The molecule has 0 saturated carbocycles. The molecule has 0 unspecified atom stereocenters. The Morgan fingerprint density at radius 1 is 1.18 bits per heavy atom. The van der Waals surface area contributed by atoms with Crippen molar-refractivity contribution in [1.29, 1.82) is 0 Å². The second-order valence-electron chi connectivity index (χ2n) is 6.53. The van der Waals surface area contributed by atoms with Gasteiger partial charge in [0.2, 0.25) is 0 Å². The van der Waals surface area contributed by atoms with Crippen molar-refractivity contribution in [3.8, 4) is 11.5 Å². The van der Waals surface area contributed by atoms with Crippen LogP contribution in [0.1, 0.15) is 42.5 Å². The summed E-state index contributed by atoms with van der Waals surface area (Å²) >= 11 is 0. The Hall–Kier alpha value is -1.91. The number of hydrogen-bond donors (Lipinski definition) is 2. The number of nitrogens with zero attached hydrogens (tertiary/aromatic N) is 1. The van der Waals surface area contributed by atoms with Gasteiger partial charge in [0, 0.05) is 5.56 Å². The van der Waals surface area contributed by atoms with Crippen LogP contribution in [0, 0.1) is 20.8 Å². The normalized spacial score (nSPS) is 15.7. The molecule has 122 valence electrons.